The molecular formula is C13H17ClN4O3S. The van der Waals surface area contributed by atoms with Gasteiger partial charge in [-0.05, 0) is 18.3 Å². The molecule has 22 heavy (non-hydrogen) atoms. The summed E-state index contributed by atoms with van der Waals surface area (Å²) >= 11 is 11.2. The fraction of sp³-hybridized carbons (Fsp3) is 0.462. The number of benzene rings is 1. The third kappa shape index (κ3) is 5.06. The fourth-order valence-electron chi connectivity index (χ4n) is 2.04. The summed E-state index contributed by atoms with van der Waals surface area (Å²) in [6.07, 6.45) is 0. The number of hydrogen-bond acceptors (Lipinski definition) is 5. The largest absolute Gasteiger partial charge is 0.379 e. The normalized spacial score (nSPS) is 15.3. The van der Waals surface area contributed by atoms with Crippen molar-refractivity contribution in [2.45, 2.75) is 0 Å². The number of thiocarbonyl (C=S) groups is 1. The summed E-state index contributed by atoms with van der Waals surface area (Å²) in [4.78, 5) is 12.6. The quantitative estimate of drug-likeness (QED) is 0.479. The molecule has 1 aromatic rings. The van der Waals surface area contributed by atoms with E-state index >= 15 is 0 Å². The van der Waals surface area contributed by atoms with Gasteiger partial charge in [-0.25, -0.2) is 0 Å². The first-order valence-corrected chi connectivity index (χ1v) is 7.64. The fourth-order valence-corrected chi connectivity index (χ4v) is 2.42. The molecule has 9 heteroatoms. The van der Waals surface area contributed by atoms with E-state index in [0.717, 1.165) is 32.8 Å². The molecule has 0 spiro atoms. The first kappa shape index (κ1) is 16.9. The molecule has 1 aromatic carbocycles. The van der Waals surface area contributed by atoms with Crippen LogP contribution in [0.25, 0.3) is 0 Å². The van der Waals surface area contributed by atoms with Gasteiger partial charge in [-0.2, -0.15) is 0 Å². The average molecular weight is 345 g/mol. The molecule has 2 N–H and O–H groups in total. The van der Waals surface area contributed by atoms with Crippen molar-refractivity contribution in [1.29, 1.82) is 0 Å². The minimum Gasteiger partial charge on any atom is -0.379 e. The van der Waals surface area contributed by atoms with Crippen molar-refractivity contribution >= 4 is 40.3 Å². The van der Waals surface area contributed by atoms with E-state index in [9.17, 15) is 10.1 Å². The van der Waals surface area contributed by atoms with E-state index in [1.165, 1.54) is 18.2 Å². The summed E-state index contributed by atoms with van der Waals surface area (Å²) in [7, 11) is 0. The van der Waals surface area contributed by atoms with Crippen molar-refractivity contribution in [3.05, 3.63) is 33.3 Å². The summed E-state index contributed by atoms with van der Waals surface area (Å²) in [5.74, 6) is 0. The summed E-state index contributed by atoms with van der Waals surface area (Å²) < 4.78 is 5.28. The minimum atomic E-state index is -0.476. The Bertz CT molecular complexity index is 552. The smallest absolute Gasteiger partial charge is 0.271 e. The number of non-ortho nitro benzene ring substituents is 1. The van der Waals surface area contributed by atoms with Crippen molar-refractivity contribution in [2.75, 3.05) is 44.7 Å². The maximum Gasteiger partial charge on any atom is 0.271 e. The van der Waals surface area contributed by atoms with Gasteiger partial charge in [-0.15, -0.1) is 0 Å². The monoisotopic (exact) mass is 344 g/mol. The summed E-state index contributed by atoms with van der Waals surface area (Å²) in [6.45, 7) is 4.88. The second kappa shape index (κ2) is 8.23. The molecule has 1 aliphatic heterocycles. The zero-order valence-electron chi connectivity index (χ0n) is 11.9. The second-order valence-corrected chi connectivity index (χ2v) is 5.57. The van der Waals surface area contributed by atoms with Gasteiger partial charge < -0.3 is 15.4 Å². The highest BCUT2D eigenvalue weighted by Gasteiger charge is 2.12. The summed E-state index contributed by atoms with van der Waals surface area (Å²) in [6, 6.07) is 4.18. The predicted octanol–water partition coefficient (Wildman–Crippen LogP) is 1.87. The lowest BCUT2D eigenvalue weighted by molar-refractivity contribution is -0.384. The molecule has 1 saturated heterocycles. The molecule has 0 atom stereocenters. The second-order valence-electron chi connectivity index (χ2n) is 4.76. The molecule has 0 aliphatic carbocycles. The van der Waals surface area contributed by atoms with Gasteiger partial charge in [0.15, 0.2) is 5.11 Å². The molecule has 0 unspecified atom stereocenters. The first-order chi connectivity index (χ1) is 10.6. The van der Waals surface area contributed by atoms with Gasteiger partial charge in [0.25, 0.3) is 5.69 Å². The number of nitro groups is 1. The Morgan fingerprint density at radius 3 is 2.86 bits per heavy atom. The Morgan fingerprint density at radius 2 is 2.18 bits per heavy atom. The lowest BCUT2D eigenvalue weighted by Gasteiger charge is -2.26. The minimum absolute atomic E-state index is 0.0389. The summed E-state index contributed by atoms with van der Waals surface area (Å²) in [5.41, 5.74) is 0.378. The Hall–Kier alpha value is -1.48. The average Bonchev–Trinajstić information content (AvgIpc) is 2.50. The van der Waals surface area contributed by atoms with Crippen LogP contribution >= 0.6 is 23.8 Å². The van der Waals surface area contributed by atoms with Crippen LogP contribution in [0.2, 0.25) is 5.02 Å². The number of morpholine rings is 1. The molecule has 1 heterocycles. The van der Waals surface area contributed by atoms with Crippen LogP contribution in [0.5, 0.6) is 0 Å². The third-order valence-electron chi connectivity index (χ3n) is 3.23. The van der Waals surface area contributed by atoms with Crippen LogP contribution in [-0.4, -0.2) is 54.3 Å². The number of rotatable bonds is 5. The number of hydrogen-bond donors (Lipinski definition) is 2. The molecule has 1 fully saturated rings. The van der Waals surface area contributed by atoms with Crippen molar-refractivity contribution in [1.82, 2.24) is 10.2 Å². The number of nitrogens with zero attached hydrogens (tertiary/aromatic N) is 2. The van der Waals surface area contributed by atoms with Crippen molar-refractivity contribution in [3.8, 4) is 0 Å². The maximum absolute atomic E-state index is 10.8. The van der Waals surface area contributed by atoms with Gasteiger partial charge >= 0.3 is 0 Å². The highest BCUT2D eigenvalue weighted by Crippen LogP contribution is 2.26. The zero-order chi connectivity index (χ0) is 15.9. The molecule has 0 amide bonds. The standard InChI is InChI=1S/C13H17ClN4O3S/c14-11-2-1-10(18(19)20)9-12(11)16-13(22)15-3-4-17-5-7-21-8-6-17/h1-2,9H,3-8H2,(H2,15,16,22). The third-order valence-corrected chi connectivity index (χ3v) is 3.80. The van der Waals surface area contributed by atoms with Crippen LogP contribution in [0, 0.1) is 10.1 Å². The van der Waals surface area contributed by atoms with Gasteiger partial charge in [0.05, 0.1) is 28.8 Å². The predicted molar refractivity (Wildman–Crippen MR) is 89.6 cm³/mol. The van der Waals surface area contributed by atoms with Crippen molar-refractivity contribution in [2.24, 2.45) is 0 Å². The van der Waals surface area contributed by atoms with Crippen LogP contribution in [-0.2, 0) is 4.74 Å². The first-order valence-electron chi connectivity index (χ1n) is 6.85. The van der Waals surface area contributed by atoms with Crippen molar-refractivity contribution in [3.63, 3.8) is 0 Å². The van der Waals surface area contributed by atoms with E-state index in [1.54, 1.807) is 0 Å². The van der Waals surface area contributed by atoms with Gasteiger partial charge in [0.1, 0.15) is 0 Å². The van der Waals surface area contributed by atoms with Crippen molar-refractivity contribution < 1.29 is 9.66 Å². The molecule has 0 bridgehead atoms. The Morgan fingerprint density at radius 1 is 1.45 bits per heavy atom. The number of ether oxygens (including phenoxy) is 1. The molecule has 0 aromatic heterocycles. The zero-order valence-corrected chi connectivity index (χ0v) is 13.5. The molecule has 120 valence electrons. The molecule has 2 rings (SSSR count). The van der Waals surface area contributed by atoms with E-state index in [1.807, 2.05) is 0 Å². The summed E-state index contributed by atoms with van der Waals surface area (Å²) in [5, 5.41) is 17.5. The molecule has 0 radical (unpaired) electrons. The van der Waals surface area contributed by atoms with Gasteiger partial charge in [0.2, 0.25) is 0 Å². The number of nitro benzene ring substituents is 1. The Labute approximate surface area is 138 Å². The lowest BCUT2D eigenvalue weighted by Crippen LogP contribution is -2.42. The van der Waals surface area contributed by atoms with Crippen LogP contribution in [0.15, 0.2) is 18.2 Å². The molecular weight excluding hydrogens is 328 g/mol. The van der Waals surface area contributed by atoms with E-state index < -0.39 is 4.92 Å². The van der Waals surface area contributed by atoms with E-state index in [-0.39, 0.29) is 5.69 Å². The van der Waals surface area contributed by atoms with Crippen LogP contribution < -0.4 is 10.6 Å². The topological polar surface area (TPSA) is 79.7 Å². The van der Waals surface area contributed by atoms with E-state index in [2.05, 4.69) is 15.5 Å². The Kier molecular flexibility index (Phi) is 6.32. The molecule has 7 nitrogen and oxygen atoms in total. The van der Waals surface area contributed by atoms with Crippen LogP contribution in [0.3, 0.4) is 0 Å². The molecule has 1 aliphatic rings. The highest BCUT2D eigenvalue weighted by atomic mass is 35.5. The Balaban J connectivity index is 1.81. The van der Waals surface area contributed by atoms with Gasteiger partial charge in [0, 0.05) is 38.3 Å². The number of nitrogens with one attached hydrogen (secondary N) is 2. The SMILES string of the molecule is O=[N+]([O-])c1ccc(Cl)c(NC(=S)NCCN2CCOCC2)c1. The highest BCUT2D eigenvalue weighted by molar-refractivity contribution is 7.80. The van der Waals surface area contributed by atoms with Gasteiger partial charge in [-0.1, -0.05) is 11.6 Å². The van der Waals surface area contributed by atoms with Gasteiger partial charge in [-0.3, -0.25) is 15.0 Å². The van der Waals surface area contributed by atoms with Crippen LogP contribution in [0.1, 0.15) is 0 Å². The van der Waals surface area contributed by atoms with Crippen LogP contribution in [0.4, 0.5) is 11.4 Å². The number of anilines is 1. The molecule has 0 saturated carbocycles. The van der Waals surface area contributed by atoms with E-state index in [0.29, 0.717) is 22.4 Å². The maximum atomic E-state index is 10.8. The number of halogens is 1. The van der Waals surface area contributed by atoms with E-state index in [4.69, 9.17) is 28.6 Å². The lowest BCUT2D eigenvalue weighted by atomic mass is 10.3.